The third-order valence-electron chi connectivity index (χ3n) is 5.14. The molecule has 0 N–H and O–H groups in total. The van der Waals surface area contributed by atoms with Gasteiger partial charge in [-0.15, -0.1) is 0 Å². The molecule has 0 saturated carbocycles. The van der Waals surface area contributed by atoms with Crippen LogP contribution in [0.15, 0.2) is 71.9 Å². The van der Waals surface area contributed by atoms with Crippen LogP contribution in [0, 0.1) is 0 Å². The van der Waals surface area contributed by atoms with Crippen molar-refractivity contribution in [2.24, 2.45) is 0 Å². The number of rotatable bonds is 8. The summed E-state index contributed by atoms with van der Waals surface area (Å²) in [7, 11) is 1.69. The van der Waals surface area contributed by atoms with E-state index in [1.165, 1.54) is 11.8 Å². The Morgan fingerprint density at radius 3 is 2.67 bits per heavy atom. The summed E-state index contributed by atoms with van der Waals surface area (Å²) in [5, 5.41) is 3.07. The van der Waals surface area contributed by atoms with Gasteiger partial charge in [-0.1, -0.05) is 60.3 Å². The molecule has 5 nitrogen and oxygen atoms in total. The Balaban J connectivity index is 1.58. The van der Waals surface area contributed by atoms with Gasteiger partial charge < -0.3 is 14.2 Å². The van der Waals surface area contributed by atoms with Crippen molar-refractivity contribution in [2.75, 3.05) is 30.9 Å². The van der Waals surface area contributed by atoms with E-state index in [1.54, 1.807) is 7.11 Å². The van der Waals surface area contributed by atoms with Gasteiger partial charge in [0.15, 0.2) is 5.16 Å². The lowest BCUT2D eigenvalue weighted by Crippen LogP contribution is -2.32. The summed E-state index contributed by atoms with van der Waals surface area (Å²) < 4.78 is 7.40. The van der Waals surface area contributed by atoms with Crippen LogP contribution < -0.4 is 4.90 Å². The molecule has 4 aromatic rings. The van der Waals surface area contributed by atoms with Crippen LogP contribution in [0.5, 0.6) is 0 Å². The van der Waals surface area contributed by atoms with Crippen molar-refractivity contribution < 1.29 is 9.53 Å². The SMILES string of the molecule is CCN(C(=O)CSc1nc2ccccc2n1CCOC)c1cccc2ccccc12. The van der Waals surface area contributed by atoms with Crippen molar-refractivity contribution >= 4 is 45.2 Å². The van der Waals surface area contributed by atoms with Crippen molar-refractivity contribution in [3.05, 3.63) is 66.7 Å². The number of carbonyl (C=O) groups excluding carboxylic acids is 1. The molecule has 4 rings (SSSR count). The standard InChI is InChI=1S/C24H25N3O2S/c1-3-26(21-14-8-10-18-9-4-5-11-19(18)21)23(28)17-30-24-25-20-12-6-7-13-22(20)27(24)15-16-29-2/h4-14H,3,15-17H2,1-2H3. The molecule has 0 radical (unpaired) electrons. The molecular weight excluding hydrogens is 394 g/mol. The lowest BCUT2D eigenvalue weighted by Gasteiger charge is -2.22. The fourth-order valence-corrected chi connectivity index (χ4v) is 4.61. The molecule has 0 unspecified atom stereocenters. The minimum absolute atomic E-state index is 0.0733. The lowest BCUT2D eigenvalue weighted by molar-refractivity contribution is -0.116. The zero-order valence-electron chi connectivity index (χ0n) is 17.2. The second-order valence-electron chi connectivity index (χ2n) is 6.95. The largest absolute Gasteiger partial charge is 0.383 e. The Kier molecular flexibility index (Phi) is 6.35. The first-order valence-electron chi connectivity index (χ1n) is 10.1. The smallest absolute Gasteiger partial charge is 0.237 e. The van der Waals surface area contributed by atoms with Crippen molar-refractivity contribution in [3.63, 3.8) is 0 Å². The minimum Gasteiger partial charge on any atom is -0.383 e. The zero-order chi connectivity index (χ0) is 20.9. The molecule has 154 valence electrons. The second kappa shape index (κ2) is 9.32. The van der Waals surface area contributed by atoms with Gasteiger partial charge in [-0.05, 0) is 30.5 Å². The average Bonchev–Trinajstić information content (AvgIpc) is 3.14. The molecule has 0 saturated heterocycles. The van der Waals surface area contributed by atoms with E-state index in [2.05, 4.69) is 28.8 Å². The molecule has 0 atom stereocenters. The number of amides is 1. The van der Waals surface area contributed by atoms with Gasteiger partial charge in [0, 0.05) is 25.6 Å². The number of benzene rings is 3. The minimum atomic E-state index is 0.0733. The molecular formula is C24H25N3O2S. The fourth-order valence-electron chi connectivity index (χ4n) is 3.69. The number of methoxy groups -OCH3 is 1. The van der Waals surface area contributed by atoms with E-state index in [1.807, 2.05) is 54.3 Å². The van der Waals surface area contributed by atoms with Crippen molar-refractivity contribution in [1.29, 1.82) is 0 Å². The van der Waals surface area contributed by atoms with E-state index in [0.29, 0.717) is 25.4 Å². The quantitative estimate of drug-likeness (QED) is 0.378. The van der Waals surface area contributed by atoms with Crippen LogP contribution in [0.3, 0.4) is 0 Å². The van der Waals surface area contributed by atoms with Crippen LogP contribution in [-0.4, -0.2) is 41.5 Å². The van der Waals surface area contributed by atoms with E-state index >= 15 is 0 Å². The number of thioether (sulfide) groups is 1. The highest BCUT2D eigenvalue weighted by Crippen LogP contribution is 2.29. The van der Waals surface area contributed by atoms with Gasteiger partial charge in [-0.3, -0.25) is 4.79 Å². The molecule has 3 aromatic carbocycles. The number of para-hydroxylation sites is 2. The number of hydrogen-bond acceptors (Lipinski definition) is 4. The highest BCUT2D eigenvalue weighted by molar-refractivity contribution is 7.99. The number of imidazole rings is 1. The third-order valence-corrected chi connectivity index (χ3v) is 6.10. The van der Waals surface area contributed by atoms with Crippen molar-refractivity contribution in [3.8, 4) is 0 Å². The first-order valence-corrected chi connectivity index (χ1v) is 11.1. The van der Waals surface area contributed by atoms with Crippen LogP contribution in [0.2, 0.25) is 0 Å². The lowest BCUT2D eigenvalue weighted by atomic mass is 10.1. The number of ether oxygens (including phenoxy) is 1. The van der Waals surface area contributed by atoms with Gasteiger partial charge in [0.2, 0.25) is 5.91 Å². The molecule has 6 heteroatoms. The van der Waals surface area contributed by atoms with Crippen molar-refractivity contribution in [1.82, 2.24) is 9.55 Å². The maximum Gasteiger partial charge on any atom is 0.237 e. The molecule has 1 amide bonds. The molecule has 30 heavy (non-hydrogen) atoms. The van der Waals surface area contributed by atoms with Gasteiger partial charge in [0.1, 0.15) is 0 Å². The summed E-state index contributed by atoms with van der Waals surface area (Å²) >= 11 is 1.48. The summed E-state index contributed by atoms with van der Waals surface area (Å²) in [4.78, 5) is 19.8. The van der Waals surface area contributed by atoms with E-state index < -0.39 is 0 Å². The van der Waals surface area contributed by atoms with E-state index in [4.69, 9.17) is 9.72 Å². The zero-order valence-corrected chi connectivity index (χ0v) is 18.1. The number of fused-ring (bicyclic) bond motifs is 2. The van der Waals surface area contributed by atoms with Gasteiger partial charge in [0.25, 0.3) is 0 Å². The van der Waals surface area contributed by atoms with Crippen LogP contribution >= 0.6 is 11.8 Å². The normalized spacial score (nSPS) is 11.3. The van der Waals surface area contributed by atoms with Crippen LogP contribution in [0.1, 0.15) is 6.92 Å². The summed E-state index contributed by atoms with van der Waals surface area (Å²) in [6.07, 6.45) is 0. The van der Waals surface area contributed by atoms with Gasteiger partial charge >= 0.3 is 0 Å². The van der Waals surface area contributed by atoms with E-state index in [0.717, 1.165) is 32.6 Å². The fraction of sp³-hybridized carbons (Fsp3) is 0.250. The second-order valence-corrected chi connectivity index (χ2v) is 7.89. The Morgan fingerprint density at radius 2 is 1.83 bits per heavy atom. The van der Waals surface area contributed by atoms with Crippen LogP contribution in [-0.2, 0) is 16.1 Å². The number of anilines is 1. The summed E-state index contributed by atoms with van der Waals surface area (Å²) in [6, 6.07) is 22.3. The maximum atomic E-state index is 13.2. The predicted octanol–water partition coefficient (Wildman–Crippen LogP) is 4.98. The summed E-state index contributed by atoms with van der Waals surface area (Å²) in [5.74, 6) is 0.400. The Morgan fingerprint density at radius 1 is 1.07 bits per heavy atom. The molecule has 0 bridgehead atoms. The van der Waals surface area contributed by atoms with Crippen LogP contribution in [0.25, 0.3) is 21.8 Å². The molecule has 0 spiro atoms. The Bertz CT molecular complexity index is 1170. The molecule has 0 aliphatic rings. The molecule has 0 aliphatic carbocycles. The number of carbonyl (C=O) groups is 1. The average molecular weight is 420 g/mol. The van der Waals surface area contributed by atoms with Gasteiger partial charge in [-0.2, -0.15) is 0 Å². The topological polar surface area (TPSA) is 47.4 Å². The summed E-state index contributed by atoms with van der Waals surface area (Å²) in [6.45, 7) is 3.93. The molecule has 1 heterocycles. The molecule has 0 aliphatic heterocycles. The monoisotopic (exact) mass is 419 g/mol. The highest BCUT2D eigenvalue weighted by Gasteiger charge is 2.18. The van der Waals surface area contributed by atoms with Crippen molar-refractivity contribution in [2.45, 2.75) is 18.6 Å². The molecule has 1 aromatic heterocycles. The van der Waals surface area contributed by atoms with E-state index in [-0.39, 0.29) is 5.91 Å². The van der Waals surface area contributed by atoms with Gasteiger partial charge in [0.05, 0.1) is 29.1 Å². The Hall–Kier alpha value is -2.83. The third kappa shape index (κ3) is 4.06. The first kappa shape index (κ1) is 20.4. The molecule has 0 fully saturated rings. The number of hydrogen-bond donors (Lipinski definition) is 0. The highest BCUT2D eigenvalue weighted by atomic mass is 32.2. The van der Waals surface area contributed by atoms with Crippen LogP contribution in [0.4, 0.5) is 5.69 Å². The van der Waals surface area contributed by atoms with E-state index in [9.17, 15) is 4.79 Å². The first-order chi connectivity index (χ1) is 14.7. The summed E-state index contributed by atoms with van der Waals surface area (Å²) in [5.41, 5.74) is 2.95. The van der Waals surface area contributed by atoms with Gasteiger partial charge in [-0.25, -0.2) is 4.98 Å². The Labute approximate surface area is 180 Å². The number of aromatic nitrogens is 2. The maximum absolute atomic E-state index is 13.2. The predicted molar refractivity (Wildman–Crippen MR) is 124 cm³/mol. The number of nitrogens with zero attached hydrogens (tertiary/aromatic N) is 3.